The lowest BCUT2D eigenvalue weighted by Gasteiger charge is -2.09. The molecule has 3 aromatic rings. The molecule has 0 radical (unpaired) electrons. The number of hydrogen-bond donors (Lipinski definition) is 0. The van der Waals surface area contributed by atoms with Gasteiger partial charge >= 0.3 is 0 Å². The summed E-state index contributed by atoms with van der Waals surface area (Å²) in [5, 5.41) is 12.4. The van der Waals surface area contributed by atoms with Crippen LogP contribution in [0.25, 0.3) is 10.8 Å². The molecule has 0 N–H and O–H groups in total. The molecule has 1 heterocycles. The summed E-state index contributed by atoms with van der Waals surface area (Å²) in [5.41, 5.74) is 1.08. The number of aromatic nitrogens is 1. The van der Waals surface area contributed by atoms with Gasteiger partial charge in [-0.25, -0.2) is 0 Å². The van der Waals surface area contributed by atoms with Crippen LogP contribution in [0.2, 0.25) is 0 Å². The van der Waals surface area contributed by atoms with Crippen LogP contribution < -0.4 is 4.74 Å². The van der Waals surface area contributed by atoms with Crippen molar-refractivity contribution in [3.05, 3.63) is 76.6 Å². The fourth-order valence-corrected chi connectivity index (χ4v) is 2.18. The van der Waals surface area contributed by atoms with Crippen LogP contribution in [0.1, 0.15) is 5.56 Å². The molecule has 104 valence electrons. The summed E-state index contributed by atoms with van der Waals surface area (Å²) in [6.45, 7) is 0.393. The summed E-state index contributed by atoms with van der Waals surface area (Å²) in [4.78, 5) is 14.6. The molecule has 0 fully saturated rings. The fourth-order valence-electron chi connectivity index (χ4n) is 2.18. The first-order valence-electron chi connectivity index (χ1n) is 6.43. The van der Waals surface area contributed by atoms with Crippen molar-refractivity contribution in [2.24, 2.45) is 0 Å². The van der Waals surface area contributed by atoms with Crippen molar-refractivity contribution in [2.75, 3.05) is 0 Å². The summed E-state index contributed by atoms with van der Waals surface area (Å²) in [7, 11) is 0. The van der Waals surface area contributed by atoms with Crippen LogP contribution in [0.3, 0.4) is 0 Å². The number of ether oxygens (including phenoxy) is 1. The molecule has 0 aliphatic heterocycles. The van der Waals surface area contributed by atoms with E-state index < -0.39 is 0 Å². The number of hydrogen-bond acceptors (Lipinski definition) is 4. The molecule has 0 aliphatic rings. The third kappa shape index (κ3) is 2.67. The predicted octanol–water partition coefficient (Wildman–Crippen LogP) is 3.72. The molecule has 0 amide bonds. The highest BCUT2D eigenvalue weighted by Crippen LogP contribution is 2.33. The lowest BCUT2D eigenvalue weighted by atomic mass is 10.1. The lowest BCUT2D eigenvalue weighted by molar-refractivity contribution is -0.383. The number of benzene rings is 2. The lowest BCUT2D eigenvalue weighted by Crippen LogP contribution is -1.97. The second kappa shape index (κ2) is 5.58. The van der Waals surface area contributed by atoms with Gasteiger partial charge in [-0.1, -0.05) is 18.2 Å². The Labute approximate surface area is 121 Å². The van der Waals surface area contributed by atoms with Crippen molar-refractivity contribution < 1.29 is 9.66 Å². The molecule has 1 aromatic heterocycles. The van der Waals surface area contributed by atoms with Crippen LogP contribution in [-0.2, 0) is 6.61 Å². The van der Waals surface area contributed by atoms with Gasteiger partial charge in [0.05, 0.1) is 10.3 Å². The van der Waals surface area contributed by atoms with Crippen molar-refractivity contribution in [3.8, 4) is 5.75 Å². The number of nitrogens with zero attached hydrogens (tertiary/aromatic N) is 2. The van der Waals surface area contributed by atoms with Gasteiger partial charge in [0.15, 0.2) is 0 Å². The maximum atomic E-state index is 11.1. The molecule has 3 rings (SSSR count). The van der Waals surface area contributed by atoms with Crippen molar-refractivity contribution in [3.63, 3.8) is 0 Å². The van der Waals surface area contributed by atoms with Gasteiger partial charge in [0.2, 0.25) is 0 Å². The highest BCUT2D eigenvalue weighted by molar-refractivity contribution is 5.95. The monoisotopic (exact) mass is 280 g/mol. The zero-order valence-corrected chi connectivity index (χ0v) is 11.1. The van der Waals surface area contributed by atoms with Gasteiger partial charge in [0.1, 0.15) is 12.4 Å². The molecule has 21 heavy (non-hydrogen) atoms. The van der Waals surface area contributed by atoms with Crippen LogP contribution in [0, 0.1) is 10.1 Å². The SMILES string of the molecule is O=[N+]([O-])c1ccc(OCc2ccncc2)c2ccccc12. The van der Waals surface area contributed by atoms with Crippen LogP contribution in [0.5, 0.6) is 5.75 Å². The van der Waals surface area contributed by atoms with Gasteiger partial charge in [-0.15, -0.1) is 0 Å². The Morgan fingerprint density at radius 2 is 1.71 bits per heavy atom. The summed E-state index contributed by atoms with van der Waals surface area (Å²) in [6, 6.07) is 14.0. The van der Waals surface area contributed by atoms with Crippen molar-refractivity contribution in [1.29, 1.82) is 0 Å². The van der Waals surface area contributed by atoms with E-state index >= 15 is 0 Å². The van der Waals surface area contributed by atoms with E-state index in [1.807, 2.05) is 24.3 Å². The zero-order chi connectivity index (χ0) is 14.7. The van der Waals surface area contributed by atoms with E-state index in [4.69, 9.17) is 4.74 Å². The van der Waals surface area contributed by atoms with Gasteiger partial charge in [-0.3, -0.25) is 15.1 Å². The number of rotatable bonds is 4. The Morgan fingerprint density at radius 1 is 1.00 bits per heavy atom. The maximum Gasteiger partial charge on any atom is 0.277 e. The molecular formula is C16H12N2O3. The quantitative estimate of drug-likeness (QED) is 0.539. The first-order chi connectivity index (χ1) is 10.3. The van der Waals surface area contributed by atoms with Crippen LogP contribution in [-0.4, -0.2) is 9.91 Å². The van der Waals surface area contributed by atoms with E-state index in [2.05, 4.69) is 4.98 Å². The molecule has 0 bridgehead atoms. The number of nitro groups is 1. The van der Waals surface area contributed by atoms with E-state index in [1.54, 1.807) is 30.6 Å². The molecule has 5 heteroatoms. The van der Waals surface area contributed by atoms with E-state index in [0.717, 1.165) is 10.9 Å². The largest absolute Gasteiger partial charge is 0.488 e. The summed E-state index contributed by atoms with van der Waals surface area (Å²) in [5.74, 6) is 0.632. The van der Waals surface area contributed by atoms with Gasteiger partial charge in [-0.2, -0.15) is 0 Å². The first kappa shape index (κ1) is 13.1. The minimum atomic E-state index is -0.380. The van der Waals surface area contributed by atoms with Gasteiger partial charge in [0.25, 0.3) is 5.69 Å². The highest BCUT2D eigenvalue weighted by atomic mass is 16.6. The minimum Gasteiger partial charge on any atom is -0.488 e. The minimum absolute atomic E-state index is 0.0851. The predicted molar refractivity (Wildman–Crippen MR) is 79.2 cm³/mol. The summed E-state index contributed by atoms with van der Waals surface area (Å²) < 4.78 is 5.79. The van der Waals surface area contributed by atoms with Crippen molar-refractivity contribution >= 4 is 16.5 Å². The average molecular weight is 280 g/mol. The summed E-state index contributed by atoms with van der Waals surface area (Å²) in [6.07, 6.45) is 3.40. The Balaban J connectivity index is 1.96. The number of pyridine rings is 1. The number of fused-ring (bicyclic) bond motifs is 1. The first-order valence-corrected chi connectivity index (χ1v) is 6.43. The standard InChI is InChI=1S/C16H12N2O3/c19-18(20)15-5-6-16(14-4-2-1-3-13(14)15)21-11-12-7-9-17-10-8-12/h1-10H,11H2. The molecule has 0 saturated heterocycles. The van der Waals surface area contributed by atoms with Crippen molar-refractivity contribution in [2.45, 2.75) is 6.61 Å². The maximum absolute atomic E-state index is 11.1. The van der Waals surface area contributed by atoms with E-state index in [0.29, 0.717) is 17.7 Å². The van der Waals surface area contributed by atoms with Crippen LogP contribution >= 0.6 is 0 Å². The average Bonchev–Trinajstić information content (AvgIpc) is 2.53. The Kier molecular flexibility index (Phi) is 3.47. The molecule has 0 spiro atoms. The molecule has 0 unspecified atom stereocenters. The van der Waals surface area contributed by atoms with Gasteiger partial charge < -0.3 is 4.74 Å². The molecule has 2 aromatic carbocycles. The normalized spacial score (nSPS) is 10.5. The Morgan fingerprint density at radius 3 is 2.43 bits per heavy atom. The Hall–Kier alpha value is -2.95. The second-order valence-corrected chi connectivity index (χ2v) is 4.53. The topological polar surface area (TPSA) is 65.3 Å². The van der Waals surface area contributed by atoms with E-state index in [9.17, 15) is 10.1 Å². The third-order valence-electron chi connectivity index (χ3n) is 3.20. The molecule has 0 atom stereocenters. The second-order valence-electron chi connectivity index (χ2n) is 4.53. The molecule has 0 aliphatic carbocycles. The number of nitro benzene ring substituents is 1. The third-order valence-corrected chi connectivity index (χ3v) is 3.20. The molecule has 5 nitrogen and oxygen atoms in total. The summed E-state index contributed by atoms with van der Waals surface area (Å²) >= 11 is 0. The van der Waals surface area contributed by atoms with Gasteiger partial charge in [-0.05, 0) is 29.8 Å². The highest BCUT2D eigenvalue weighted by Gasteiger charge is 2.14. The van der Waals surface area contributed by atoms with E-state index in [-0.39, 0.29) is 10.6 Å². The zero-order valence-electron chi connectivity index (χ0n) is 11.1. The van der Waals surface area contributed by atoms with Crippen molar-refractivity contribution in [1.82, 2.24) is 4.98 Å². The molecule has 0 saturated carbocycles. The number of non-ortho nitro benzene ring substituents is 1. The van der Waals surface area contributed by atoms with Crippen LogP contribution in [0.15, 0.2) is 60.9 Å². The Bertz CT molecular complexity index is 788. The van der Waals surface area contributed by atoms with Gasteiger partial charge in [0, 0.05) is 23.8 Å². The molecular weight excluding hydrogens is 268 g/mol. The fraction of sp³-hybridized carbons (Fsp3) is 0.0625. The smallest absolute Gasteiger partial charge is 0.277 e. The van der Waals surface area contributed by atoms with Crippen LogP contribution in [0.4, 0.5) is 5.69 Å². The van der Waals surface area contributed by atoms with E-state index in [1.165, 1.54) is 6.07 Å².